The number of nitrogens with zero attached hydrogens (tertiary/aromatic N) is 1. The third kappa shape index (κ3) is 23.4. The first-order valence-corrected chi connectivity index (χ1v) is 19.2. The lowest BCUT2D eigenvalue weighted by atomic mass is 9.94. The van der Waals surface area contributed by atoms with Gasteiger partial charge in [-0.1, -0.05) is 73.4 Å². The molecule has 0 radical (unpaired) electrons. The van der Waals surface area contributed by atoms with Crippen molar-refractivity contribution in [3.8, 4) is 0 Å². The van der Waals surface area contributed by atoms with Crippen LogP contribution in [0.4, 0.5) is 5.69 Å². The van der Waals surface area contributed by atoms with Gasteiger partial charge in [-0.05, 0) is 64.2 Å². The van der Waals surface area contributed by atoms with Crippen LogP contribution in [0.2, 0.25) is 0 Å². The van der Waals surface area contributed by atoms with Gasteiger partial charge in [-0.15, -0.1) is 0 Å². The highest BCUT2D eigenvalue weighted by molar-refractivity contribution is 6.04. The highest BCUT2D eigenvalue weighted by atomic mass is 16.5. The summed E-state index contributed by atoms with van der Waals surface area (Å²) in [7, 11) is 0. The lowest BCUT2D eigenvalue weighted by Crippen LogP contribution is -2.45. The van der Waals surface area contributed by atoms with Crippen molar-refractivity contribution in [1.29, 1.82) is 0 Å². The molecule has 1 saturated heterocycles. The largest absolute Gasteiger partial charge is 0.461 e. The van der Waals surface area contributed by atoms with E-state index in [9.17, 15) is 33.6 Å². The highest BCUT2D eigenvalue weighted by Gasteiger charge is 2.40. The fourth-order valence-corrected chi connectivity index (χ4v) is 4.80. The monoisotopic (exact) mass is 764 g/mol. The molecule has 2 rings (SSSR count). The Kier molecular flexibility index (Phi) is 27.9. The zero-order valence-corrected chi connectivity index (χ0v) is 34.9. The summed E-state index contributed by atoms with van der Waals surface area (Å²) in [5.41, 5.74) is 0.955. The van der Waals surface area contributed by atoms with Gasteiger partial charge in [0.2, 0.25) is 35.9 Å². The zero-order valence-electron chi connectivity index (χ0n) is 34.9. The topological polar surface area (TPSA) is 189 Å². The molecule has 1 fully saturated rings. The van der Waals surface area contributed by atoms with Crippen LogP contribution in [0.25, 0.3) is 0 Å². The van der Waals surface area contributed by atoms with Gasteiger partial charge in [0.05, 0.1) is 12.6 Å². The number of carbonyl (C=O) groups is 7. The van der Waals surface area contributed by atoms with Crippen molar-refractivity contribution in [3.05, 3.63) is 29.8 Å². The number of anilines is 1. The molecule has 1 aliphatic rings. The molecular weight excluding hydrogens is 694 g/mol. The normalized spacial score (nSPS) is 14.5. The average Bonchev–Trinajstić information content (AvgIpc) is 3.39. The predicted octanol–water partition coefficient (Wildman–Crippen LogP) is 5.28. The Bertz CT molecular complexity index is 1280. The Morgan fingerprint density at radius 3 is 2.07 bits per heavy atom. The third-order valence-electron chi connectivity index (χ3n) is 7.73. The van der Waals surface area contributed by atoms with Gasteiger partial charge in [0, 0.05) is 50.1 Å². The summed E-state index contributed by atoms with van der Waals surface area (Å²) in [5, 5.41) is 10.3. The van der Waals surface area contributed by atoms with Crippen LogP contribution in [0.5, 0.6) is 0 Å². The fraction of sp³-hybridized carbons (Fsp3) is 0.675. The van der Waals surface area contributed by atoms with E-state index in [0.29, 0.717) is 25.1 Å². The van der Waals surface area contributed by atoms with Crippen LogP contribution in [0, 0.1) is 11.8 Å². The molecule has 1 aliphatic heterocycles. The molecule has 0 aromatic heterocycles. The maximum atomic E-state index is 12.3. The minimum atomic E-state index is -0.753. The van der Waals surface area contributed by atoms with E-state index in [2.05, 4.69) is 49.0 Å². The summed E-state index contributed by atoms with van der Waals surface area (Å²) < 4.78 is 10.6. The Hall–Kier alpha value is -4.33. The van der Waals surface area contributed by atoms with Gasteiger partial charge in [-0.3, -0.25) is 38.5 Å². The molecule has 3 unspecified atom stereocenters. The standard InChI is InChI=1S/C20H36N2O4.C15H19N3O5.C3H8.C2H6/c1-7-8-15(4)26-12-10-20(5,6)21-17(23)9-11-22-18(24)13-16(14(2)3)19(22)25;1-10(17-14(21)7-16-9-19)15(22)18-13-5-3-12(4-6-13)8-23-11(2)20;1-3-2;1-2/h14-16H,7-13H2,1-6H3,(H,21,23);3-6,9-10H,7-8H2,1-2H3,(H,16,19)(H,17,21)(H,18,22);3H2,1-2H3;1-2H3. The highest BCUT2D eigenvalue weighted by Crippen LogP contribution is 2.26. The van der Waals surface area contributed by atoms with Crippen molar-refractivity contribution in [2.75, 3.05) is 25.0 Å². The summed E-state index contributed by atoms with van der Waals surface area (Å²) in [6.07, 6.45) is 5.11. The molecule has 0 aliphatic carbocycles. The Morgan fingerprint density at radius 1 is 0.981 bits per heavy atom. The maximum absolute atomic E-state index is 12.3. The van der Waals surface area contributed by atoms with Crippen LogP contribution in [0.15, 0.2) is 24.3 Å². The van der Waals surface area contributed by atoms with E-state index in [1.165, 1.54) is 25.2 Å². The molecule has 3 atom stereocenters. The van der Waals surface area contributed by atoms with Crippen LogP contribution < -0.4 is 21.3 Å². The number of ether oxygens (including phenoxy) is 2. The molecule has 54 heavy (non-hydrogen) atoms. The summed E-state index contributed by atoms with van der Waals surface area (Å²) in [6.45, 7) is 23.8. The second kappa shape index (κ2) is 29.1. The van der Waals surface area contributed by atoms with Crippen molar-refractivity contribution in [3.63, 3.8) is 0 Å². The van der Waals surface area contributed by atoms with Gasteiger partial charge in [-0.25, -0.2) is 0 Å². The van der Waals surface area contributed by atoms with Gasteiger partial charge in [0.25, 0.3) is 0 Å². The van der Waals surface area contributed by atoms with E-state index in [-0.39, 0.29) is 79.7 Å². The Labute approximate surface area is 323 Å². The Morgan fingerprint density at radius 2 is 1.57 bits per heavy atom. The molecule has 1 aromatic carbocycles. The van der Waals surface area contributed by atoms with Crippen LogP contribution in [-0.2, 0) is 49.6 Å². The number of amides is 6. The van der Waals surface area contributed by atoms with E-state index in [1.807, 2.05) is 41.5 Å². The number of rotatable bonds is 19. The van der Waals surface area contributed by atoms with Crippen molar-refractivity contribution in [2.24, 2.45) is 11.8 Å². The summed E-state index contributed by atoms with van der Waals surface area (Å²) in [4.78, 5) is 81.9. The molecule has 0 bridgehead atoms. The van der Waals surface area contributed by atoms with Crippen molar-refractivity contribution < 1.29 is 43.0 Å². The molecule has 0 spiro atoms. The number of nitrogens with one attached hydrogen (secondary N) is 4. The lowest BCUT2D eigenvalue weighted by Gasteiger charge is -2.27. The van der Waals surface area contributed by atoms with E-state index >= 15 is 0 Å². The predicted molar refractivity (Wildman–Crippen MR) is 211 cm³/mol. The maximum Gasteiger partial charge on any atom is 0.302 e. The summed E-state index contributed by atoms with van der Waals surface area (Å²) in [6, 6.07) is 6.01. The van der Waals surface area contributed by atoms with Crippen LogP contribution >= 0.6 is 0 Å². The zero-order chi connectivity index (χ0) is 41.9. The molecule has 308 valence electrons. The first-order valence-electron chi connectivity index (χ1n) is 19.2. The smallest absolute Gasteiger partial charge is 0.302 e. The first-order chi connectivity index (χ1) is 25.4. The van der Waals surface area contributed by atoms with Gasteiger partial charge in [0.15, 0.2) is 0 Å². The van der Waals surface area contributed by atoms with Crippen LogP contribution in [-0.4, -0.2) is 84.2 Å². The summed E-state index contributed by atoms with van der Waals surface area (Å²) in [5.74, 6) is -1.78. The molecular formula is C40H69N5O9. The molecule has 1 heterocycles. The van der Waals surface area contributed by atoms with Gasteiger partial charge in [0.1, 0.15) is 12.6 Å². The average molecular weight is 764 g/mol. The molecule has 14 heteroatoms. The van der Waals surface area contributed by atoms with E-state index in [0.717, 1.165) is 18.4 Å². The number of benzene rings is 1. The van der Waals surface area contributed by atoms with Crippen LogP contribution in [0.3, 0.4) is 0 Å². The van der Waals surface area contributed by atoms with Crippen molar-refractivity contribution in [1.82, 2.24) is 20.9 Å². The number of likely N-dealkylation sites (tertiary alicyclic amines) is 1. The third-order valence-corrected chi connectivity index (χ3v) is 7.73. The van der Waals surface area contributed by atoms with E-state index in [4.69, 9.17) is 9.47 Å². The fourth-order valence-electron chi connectivity index (χ4n) is 4.80. The van der Waals surface area contributed by atoms with Gasteiger partial charge < -0.3 is 30.7 Å². The number of esters is 1. The minimum absolute atomic E-state index is 0.138. The number of carbonyl (C=O) groups excluding carboxylic acids is 7. The SMILES string of the molecule is CC.CC(=O)OCc1ccc(NC(=O)C(C)NC(=O)CNC=O)cc1.CCC.CCCC(C)OCCC(C)(C)NC(=O)CCN1C(=O)CC(C(C)C)C1=O. The molecule has 1 aromatic rings. The van der Waals surface area contributed by atoms with Crippen LogP contribution in [0.1, 0.15) is 127 Å². The van der Waals surface area contributed by atoms with Crippen molar-refractivity contribution in [2.45, 2.75) is 146 Å². The Balaban J connectivity index is 0. The number of hydrogen-bond acceptors (Lipinski definition) is 9. The summed E-state index contributed by atoms with van der Waals surface area (Å²) >= 11 is 0. The first kappa shape index (κ1) is 51.8. The second-order valence-electron chi connectivity index (χ2n) is 13.8. The molecule has 14 nitrogen and oxygen atoms in total. The second-order valence-corrected chi connectivity index (χ2v) is 13.8. The van der Waals surface area contributed by atoms with Gasteiger partial charge >= 0.3 is 5.97 Å². The minimum Gasteiger partial charge on any atom is -0.461 e. The van der Waals surface area contributed by atoms with E-state index < -0.39 is 17.9 Å². The molecule has 6 amide bonds. The molecule has 4 N–H and O–H groups in total. The quantitative estimate of drug-likeness (QED) is 0.0826. The number of hydrogen-bond donors (Lipinski definition) is 4. The van der Waals surface area contributed by atoms with E-state index in [1.54, 1.807) is 24.3 Å². The lowest BCUT2D eigenvalue weighted by molar-refractivity contribution is -0.142. The molecule has 0 saturated carbocycles. The van der Waals surface area contributed by atoms with Crippen molar-refractivity contribution >= 4 is 47.6 Å². The van der Waals surface area contributed by atoms with Gasteiger partial charge in [-0.2, -0.15) is 0 Å². The number of imide groups is 1.